The molecule has 5 atom stereocenters. The number of carbonyl (C=O) groups is 3. The van der Waals surface area contributed by atoms with Gasteiger partial charge in [-0.2, -0.15) is 0 Å². The molecular formula is C28H35N5O5. The Labute approximate surface area is 222 Å². The average molecular weight is 522 g/mol. The number of ether oxygens (including phenoxy) is 1. The van der Waals surface area contributed by atoms with Crippen molar-refractivity contribution in [2.45, 2.75) is 70.4 Å². The summed E-state index contributed by atoms with van der Waals surface area (Å²) in [6.07, 6.45) is 5.49. The molecule has 2 amide bonds. The lowest BCUT2D eigenvalue weighted by atomic mass is 10.0. The van der Waals surface area contributed by atoms with Crippen LogP contribution in [-0.2, 0) is 19.1 Å². The molecule has 2 aliphatic heterocycles. The maximum atomic E-state index is 13.1. The maximum absolute atomic E-state index is 13.1. The van der Waals surface area contributed by atoms with E-state index in [0.29, 0.717) is 31.5 Å². The minimum absolute atomic E-state index is 0.390. The number of carbonyl (C=O) groups excluding carboxylic acids is 3. The Kier molecular flexibility index (Phi) is 8.43. The van der Waals surface area contributed by atoms with Crippen LogP contribution in [-0.4, -0.2) is 63.7 Å². The zero-order chi connectivity index (χ0) is 27.4. The smallest absolute Gasteiger partial charge is 0.325 e. The number of aliphatic hydroxyl groups is 1. The van der Waals surface area contributed by atoms with E-state index >= 15 is 0 Å². The van der Waals surface area contributed by atoms with Crippen molar-refractivity contribution in [1.82, 2.24) is 26.1 Å². The molecule has 0 spiro atoms. The van der Waals surface area contributed by atoms with E-state index in [9.17, 15) is 19.5 Å². The van der Waals surface area contributed by atoms with Crippen molar-refractivity contribution in [3.63, 3.8) is 0 Å². The molecule has 38 heavy (non-hydrogen) atoms. The zero-order valence-corrected chi connectivity index (χ0v) is 21.9. The summed E-state index contributed by atoms with van der Waals surface area (Å²) in [5.74, 6) is -1.38. The molecule has 10 heteroatoms. The summed E-state index contributed by atoms with van der Waals surface area (Å²) >= 11 is 0. The molecule has 1 unspecified atom stereocenters. The molecule has 2 aromatic rings. The van der Waals surface area contributed by atoms with E-state index in [1.165, 1.54) is 11.9 Å². The van der Waals surface area contributed by atoms with Crippen LogP contribution in [0.5, 0.6) is 0 Å². The minimum atomic E-state index is -1.04. The number of aliphatic hydroxyl groups excluding tert-OH is 1. The van der Waals surface area contributed by atoms with Crippen LogP contribution < -0.4 is 16.1 Å². The van der Waals surface area contributed by atoms with Gasteiger partial charge in [-0.1, -0.05) is 24.8 Å². The largest absolute Gasteiger partial charge is 0.457 e. The second kappa shape index (κ2) is 11.7. The van der Waals surface area contributed by atoms with Crippen molar-refractivity contribution in [2.24, 2.45) is 0 Å². The summed E-state index contributed by atoms with van der Waals surface area (Å²) in [6, 6.07) is 5.19. The van der Waals surface area contributed by atoms with Crippen LogP contribution >= 0.6 is 0 Å². The minimum Gasteiger partial charge on any atom is -0.457 e. The lowest BCUT2D eigenvalue weighted by Gasteiger charge is -2.35. The van der Waals surface area contributed by atoms with Crippen molar-refractivity contribution in [1.29, 1.82) is 0 Å². The molecule has 1 saturated heterocycles. The van der Waals surface area contributed by atoms with Gasteiger partial charge in [0.1, 0.15) is 24.2 Å². The summed E-state index contributed by atoms with van der Waals surface area (Å²) in [6.45, 7) is 9.24. The average Bonchev–Trinajstić information content (AvgIpc) is 2.90. The van der Waals surface area contributed by atoms with Gasteiger partial charge in [-0.3, -0.25) is 24.4 Å². The number of nitrogens with zero attached hydrogens (tertiary/aromatic N) is 2. The van der Waals surface area contributed by atoms with Crippen molar-refractivity contribution >= 4 is 34.6 Å². The summed E-state index contributed by atoms with van der Waals surface area (Å²) < 4.78 is 5.77. The Morgan fingerprint density at radius 3 is 2.71 bits per heavy atom. The molecule has 1 aromatic carbocycles. The fourth-order valence-corrected chi connectivity index (χ4v) is 4.56. The number of fused-ring (bicyclic) bond motifs is 4. The Morgan fingerprint density at radius 2 is 1.95 bits per heavy atom. The summed E-state index contributed by atoms with van der Waals surface area (Å²) in [5, 5.41) is 19.1. The van der Waals surface area contributed by atoms with Crippen LogP contribution in [0.2, 0.25) is 0 Å². The second-order valence-corrected chi connectivity index (χ2v) is 9.91. The molecule has 0 radical (unpaired) electrons. The van der Waals surface area contributed by atoms with Crippen molar-refractivity contribution in [3.05, 3.63) is 60.1 Å². The lowest BCUT2D eigenvalue weighted by Crippen LogP contribution is -2.61. The quantitative estimate of drug-likeness (QED) is 0.420. The first-order valence-corrected chi connectivity index (χ1v) is 12.9. The molecule has 1 fully saturated rings. The van der Waals surface area contributed by atoms with Gasteiger partial charge in [-0.05, 0) is 62.8 Å². The SMILES string of the molecule is C=C1C/C=C/c2cc3cc(ccc3cn2)[C@@H](C)OC(=O)[C@@H]2CCCN(N2)C(=O)[C@H](C)NC(=O)[C@H](C(C)O)N1. The Bertz CT molecular complexity index is 1260. The molecule has 2 aliphatic rings. The first kappa shape index (κ1) is 27.3. The van der Waals surface area contributed by atoms with Gasteiger partial charge in [-0.25, -0.2) is 5.43 Å². The van der Waals surface area contributed by atoms with Gasteiger partial charge in [-0.15, -0.1) is 0 Å². The molecule has 3 heterocycles. The van der Waals surface area contributed by atoms with E-state index in [2.05, 4.69) is 27.6 Å². The third-order valence-corrected chi connectivity index (χ3v) is 6.77. The molecule has 1 aromatic heterocycles. The molecule has 10 nitrogen and oxygen atoms in total. The summed E-state index contributed by atoms with van der Waals surface area (Å²) in [4.78, 5) is 43.5. The van der Waals surface area contributed by atoms with Gasteiger partial charge in [0, 0.05) is 30.2 Å². The Hall–Kier alpha value is -3.76. The third-order valence-electron chi connectivity index (χ3n) is 6.77. The summed E-state index contributed by atoms with van der Waals surface area (Å²) in [7, 11) is 0. The molecular weight excluding hydrogens is 486 g/mol. The van der Waals surface area contributed by atoms with Crippen LogP contribution in [0, 0.1) is 0 Å². The fourth-order valence-electron chi connectivity index (χ4n) is 4.56. The van der Waals surface area contributed by atoms with Crippen LogP contribution in [0.3, 0.4) is 0 Å². The number of hydrogen-bond donors (Lipinski definition) is 4. The number of aromatic nitrogens is 1. The predicted molar refractivity (Wildman–Crippen MR) is 143 cm³/mol. The van der Waals surface area contributed by atoms with Crippen molar-refractivity contribution in [3.8, 4) is 0 Å². The Morgan fingerprint density at radius 1 is 1.16 bits per heavy atom. The Balaban J connectivity index is 1.64. The van der Waals surface area contributed by atoms with E-state index in [-0.39, 0.29) is 0 Å². The highest BCUT2D eigenvalue weighted by Crippen LogP contribution is 2.24. The van der Waals surface area contributed by atoms with Crippen molar-refractivity contribution < 1.29 is 24.2 Å². The van der Waals surface area contributed by atoms with Gasteiger partial charge < -0.3 is 20.5 Å². The standard InChI is InChI=1S/C28H35N5O5/c1-16-7-5-8-23-14-22-13-20(10-11-21(22)15-29-23)19(4)38-28(37)24-9-6-12-33(32-24)27(36)17(2)31-26(35)25(30-16)18(3)34/h5,8,10-11,13-15,17-19,24-25,30,32,34H,1,6-7,9,12H2,2-4H3,(H,31,35)/b8-5+/t17-,18?,19+,24-,25-/m0/s1. The van der Waals surface area contributed by atoms with Gasteiger partial charge in [0.2, 0.25) is 5.91 Å². The topological polar surface area (TPSA) is 133 Å². The zero-order valence-electron chi connectivity index (χ0n) is 21.9. The number of nitrogens with one attached hydrogen (secondary N) is 3. The van der Waals surface area contributed by atoms with Crippen LogP contribution in [0.15, 0.2) is 48.8 Å². The normalized spacial score (nSPS) is 27.3. The third kappa shape index (κ3) is 6.38. The number of hydrazine groups is 1. The molecule has 5 bridgehead atoms. The van der Waals surface area contributed by atoms with Crippen LogP contribution in [0.4, 0.5) is 0 Å². The molecule has 4 N–H and O–H groups in total. The maximum Gasteiger partial charge on any atom is 0.325 e. The number of rotatable bonds is 1. The van der Waals surface area contributed by atoms with E-state index in [0.717, 1.165) is 22.0 Å². The highest BCUT2D eigenvalue weighted by atomic mass is 16.5. The van der Waals surface area contributed by atoms with Gasteiger partial charge in [0.25, 0.3) is 5.91 Å². The number of cyclic esters (lactones) is 1. The number of allylic oxidation sites excluding steroid dienone is 1. The highest BCUT2D eigenvalue weighted by molar-refractivity contribution is 5.90. The first-order chi connectivity index (χ1) is 18.1. The monoisotopic (exact) mass is 521 g/mol. The molecule has 0 aliphatic carbocycles. The number of pyridine rings is 1. The number of esters is 1. The molecule has 202 valence electrons. The summed E-state index contributed by atoms with van der Waals surface area (Å²) in [5.41, 5.74) is 5.08. The predicted octanol–water partition coefficient (Wildman–Crippen LogP) is 2.11. The van der Waals surface area contributed by atoms with Gasteiger partial charge >= 0.3 is 5.97 Å². The highest BCUT2D eigenvalue weighted by Gasteiger charge is 2.33. The van der Waals surface area contributed by atoms with Crippen LogP contribution in [0.1, 0.15) is 57.4 Å². The number of amides is 2. The number of hydrogen-bond acceptors (Lipinski definition) is 8. The molecule has 4 rings (SSSR count). The van der Waals surface area contributed by atoms with Crippen molar-refractivity contribution in [2.75, 3.05) is 6.54 Å². The van der Waals surface area contributed by atoms with E-state index in [1.54, 1.807) is 13.1 Å². The van der Waals surface area contributed by atoms with E-state index in [1.807, 2.05) is 43.3 Å². The van der Waals surface area contributed by atoms with Gasteiger partial charge in [0.05, 0.1) is 11.8 Å². The number of benzene rings is 1. The first-order valence-electron chi connectivity index (χ1n) is 12.9. The lowest BCUT2D eigenvalue weighted by molar-refractivity contribution is -0.157. The van der Waals surface area contributed by atoms with E-state index in [4.69, 9.17) is 4.74 Å². The molecule has 0 saturated carbocycles. The second-order valence-electron chi connectivity index (χ2n) is 9.91. The van der Waals surface area contributed by atoms with E-state index < -0.39 is 48.1 Å². The fraction of sp³-hybridized carbons (Fsp3) is 0.429. The van der Waals surface area contributed by atoms with Gasteiger partial charge in [0.15, 0.2) is 0 Å². The van der Waals surface area contributed by atoms with Crippen LogP contribution in [0.25, 0.3) is 16.8 Å².